The zero-order valence-corrected chi connectivity index (χ0v) is 11.0. The molecule has 1 aromatic carbocycles. The largest absolute Gasteiger partial charge is 0.573 e. The number of carbonyl (C=O) groups excluding carboxylic acids is 1. The second-order valence-corrected chi connectivity index (χ2v) is 3.75. The van der Waals surface area contributed by atoms with E-state index in [9.17, 15) is 18.0 Å². The Morgan fingerprint density at radius 1 is 1.45 bits per heavy atom. The van der Waals surface area contributed by atoms with Gasteiger partial charge in [0.1, 0.15) is 17.4 Å². The van der Waals surface area contributed by atoms with Gasteiger partial charge in [-0.3, -0.25) is 0 Å². The van der Waals surface area contributed by atoms with Crippen LogP contribution in [0.4, 0.5) is 13.2 Å². The Morgan fingerprint density at radius 3 is 2.55 bits per heavy atom. The highest BCUT2D eigenvalue weighted by atomic mass is 35.5. The Bertz CT molecular complexity index is 552. The van der Waals surface area contributed by atoms with Gasteiger partial charge in [-0.1, -0.05) is 6.07 Å². The molecule has 1 rings (SSSR count). The predicted octanol–water partition coefficient (Wildman–Crippen LogP) is 3.37. The minimum Gasteiger partial charge on any atom is -0.462 e. The monoisotopic (exact) mass is 307 g/mol. The molecule has 0 radical (unpaired) electrons. The van der Waals surface area contributed by atoms with Gasteiger partial charge < -0.3 is 9.47 Å². The normalized spacial score (nSPS) is 10.8. The molecule has 0 spiro atoms. The molecule has 0 saturated heterocycles. The first kappa shape index (κ1) is 16.1. The van der Waals surface area contributed by atoms with Crippen LogP contribution in [0.3, 0.4) is 0 Å². The van der Waals surface area contributed by atoms with Crippen molar-refractivity contribution in [1.82, 2.24) is 0 Å². The molecule has 0 fully saturated rings. The zero-order valence-electron chi connectivity index (χ0n) is 10.3. The van der Waals surface area contributed by atoms with E-state index >= 15 is 0 Å². The average Bonchev–Trinajstić information content (AvgIpc) is 2.36. The fourth-order valence-electron chi connectivity index (χ4n) is 1.50. The zero-order chi connectivity index (χ0) is 15.3. The highest BCUT2D eigenvalue weighted by molar-refractivity contribution is 6.17. The summed E-state index contributed by atoms with van der Waals surface area (Å²) in [6.07, 6.45) is -4.97. The van der Waals surface area contributed by atoms with E-state index < -0.39 is 23.6 Å². The maximum absolute atomic E-state index is 12.2. The van der Waals surface area contributed by atoms with Crippen LogP contribution in [0.25, 0.3) is 0 Å². The molecule has 0 saturated carbocycles. The lowest BCUT2D eigenvalue weighted by molar-refractivity contribution is -0.274. The molecule has 1 aromatic rings. The smallest absolute Gasteiger partial charge is 0.462 e. The molecule has 0 aliphatic carbocycles. The molecule has 0 aromatic heterocycles. The van der Waals surface area contributed by atoms with Crippen molar-refractivity contribution in [3.8, 4) is 11.8 Å². The Labute approximate surface area is 117 Å². The van der Waals surface area contributed by atoms with Crippen molar-refractivity contribution < 1.29 is 27.4 Å². The molecule has 108 valence electrons. The fraction of sp³-hybridized carbons (Fsp3) is 0.333. The van der Waals surface area contributed by atoms with Crippen LogP contribution >= 0.6 is 11.6 Å². The van der Waals surface area contributed by atoms with Crippen LogP contribution in [-0.4, -0.2) is 18.9 Å². The van der Waals surface area contributed by atoms with Crippen molar-refractivity contribution >= 4 is 17.6 Å². The summed E-state index contributed by atoms with van der Waals surface area (Å²) in [6.45, 7) is 1.54. The highest BCUT2D eigenvalue weighted by Gasteiger charge is 2.33. The Hall–Kier alpha value is -1.94. The lowest BCUT2D eigenvalue weighted by Crippen LogP contribution is -2.19. The van der Waals surface area contributed by atoms with Gasteiger partial charge in [-0.25, -0.2) is 4.79 Å². The lowest BCUT2D eigenvalue weighted by atomic mass is 10.0. The van der Waals surface area contributed by atoms with Crippen LogP contribution in [0.15, 0.2) is 12.1 Å². The maximum atomic E-state index is 12.2. The number of hydrogen-bond acceptors (Lipinski definition) is 4. The number of benzene rings is 1. The van der Waals surface area contributed by atoms with Crippen molar-refractivity contribution in [2.24, 2.45) is 0 Å². The van der Waals surface area contributed by atoms with Crippen molar-refractivity contribution in [2.45, 2.75) is 19.2 Å². The van der Waals surface area contributed by atoms with Gasteiger partial charge in [0, 0.05) is 5.88 Å². The van der Waals surface area contributed by atoms with E-state index in [0.717, 1.165) is 6.07 Å². The van der Waals surface area contributed by atoms with Crippen LogP contribution in [0, 0.1) is 11.3 Å². The van der Waals surface area contributed by atoms with Crippen LogP contribution in [-0.2, 0) is 10.6 Å². The fourth-order valence-corrected chi connectivity index (χ4v) is 1.72. The van der Waals surface area contributed by atoms with Gasteiger partial charge in [0.2, 0.25) is 0 Å². The van der Waals surface area contributed by atoms with Crippen molar-refractivity contribution in [1.29, 1.82) is 5.26 Å². The standard InChI is InChI=1S/C12H9ClF3NO3/c1-2-19-11(18)10-7(5-13)3-4-9(8(10)6-17)20-12(14,15)16/h3-4H,2,5H2,1H3. The topological polar surface area (TPSA) is 59.3 Å². The molecule has 0 amide bonds. The molecular weight excluding hydrogens is 299 g/mol. The third kappa shape index (κ3) is 3.78. The van der Waals surface area contributed by atoms with E-state index in [1.54, 1.807) is 0 Å². The molecule has 20 heavy (non-hydrogen) atoms. The van der Waals surface area contributed by atoms with E-state index in [2.05, 4.69) is 4.74 Å². The summed E-state index contributed by atoms with van der Waals surface area (Å²) in [5, 5.41) is 8.98. The first-order valence-corrected chi connectivity index (χ1v) is 5.92. The van der Waals surface area contributed by atoms with E-state index in [0.29, 0.717) is 0 Å². The summed E-state index contributed by atoms with van der Waals surface area (Å²) in [4.78, 5) is 11.8. The van der Waals surface area contributed by atoms with Crippen LogP contribution in [0.2, 0.25) is 0 Å². The second kappa shape index (κ2) is 6.48. The Morgan fingerprint density at radius 2 is 2.10 bits per heavy atom. The van der Waals surface area contributed by atoms with E-state index in [1.807, 2.05) is 0 Å². The molecule has 0 heterocycles. The SMILES string of the molecule is CCOC(=O)c1c(CCl)ccc(OC(F)(F)F)c1C#N. The minimum atomic E-state index is -4.97. The van der Waals surface area contributed by atoms with Crippen LogP contribution < -0.4 is 4.74 Å². The minimum absolute atomic E-state index is 0.00971. The van der Waals surface area contributed by atoms with Crippen LogP contribution in [0.1, 0.15) is 28.4 Å². The van der Waals surface area contributed by atoms with Crippen molar-refractivity contribution in [2.75, 3.05) is 6.61 Å². The van der Waals surface area contributed by atoms with Crippen molar-refractivity contribution in [3.63, 3.8) is 0 Å². The van der Waals surface area contributed by atoms with Gasteiger partial charge in [0.25, 0.3) is 0 Å². The summed E-state index contributed by atoms with van der Waals surface area (Å²) in [5.74, 6) is -1.85. The Balaban J connectivity index is 3.41. The first-order valence-electron chi connectivity index (χ1n) is 5.38. The first-order chi connectivity index (χ1) is 9.34. The van der Waals surface area contributed by atoms with Gasteiger partial charge in [-0.2, -0.15) is 5.26 Å². The molecule has 4 nitrogen and oxygen atoms in total. The van der Waals surface area contributed by atoms with Gasteiger partial charge in [0.05, 0.1) is 12.2 Å². The molecule has 0 N–H and O–H groups in total. The van der Waals surface area contributed by atoms with Gasteiger partial charge >= 0.3 is 12.3 Å². The Kier molecular flexibility index (Phi) is 5.22. The maximum Gasteiger partial charge on any atom is 0.573 e. The number of nitriles is 1. The lowest BCUT2D eigenvalue weighted by Gasteiger charge is -2.14. The van der Waals surface area contributed by atoms with Gasteiger partial charge in [-0.15, -0.1) is 24.8 Å². The quantitative estimate of drug-likeness (QED) is 0.632. The molecule has 0 unspecified atom stereocenters. The molecule has 0 bridgehead atoms. The number of esters is 1. The number of carbonyl (C=O) groups is 1. The highest BCUT2D eigenvalue weighted by Crippen LogP contribution is 2.31. The number of nitrogens with zero attached hydrogens (tertiary/aromatic N) is 1. The number of alkyl halides is 4. The summed E-state index contributed by atoms with van der Waals surface area (Å²) in [5.41, 5.74) is -0.679. The number of ether oxygens (including phenoxy) is 2. The molecule has 0 aliphatic rings. The number of halogens is 4. The summed E-state index contributed by atoms with van der Waals surface area (Å²) >= 11 is 5.61. The third-order valence-electron chi connectivity index (χ3n) is 2.21. The average molecular weight is 308 g/mol. The summed E-state index contributed by atoms with van der Waals surface area (Å²) < 4.78 is 45.2. The van der Waals surface area contributed by atoms with E-state index in [4.69, 9.17) is 21.6 Å². The molecule has 8 heteroatoms. The van der Waals surface area contributed by atoms with Crippen LogP contribution in [0.5, 0.6) is 5.75 Å². The second-order valence-electron chi connectivity index (χ2n) is 3.49. The van der Waals surface area contributed by atoms with E-state index in [1.165, 1.54) is 19.1 Å². The predicted molar refractivity (Wildman–Crippen MR) is 63.4 cm³/mol. The third-order valence-corrected chi connectivity index (χ3v) is 2.50. The number of rotatable bonds is 4. The molecule has 0 atom stereocenters. The van der Waals surface area contributed by atoms with Crippen molar-refractivity contribution in [3.05, 3.63) is 28.8 Å². The molecular formula is C12H9ClF3NO3. The summed E-state index contributed by atoms with van der Waals surface area (Å²) in [6, 6.07) is 3.64. The van der Waals surface area contributed by atoms with Gasteiger partial charge in [-0.05, 0) is 18.6 Å². The van der Waals surface area contributed by atoms with E-state index in [-0.39, 0.29) is 23.6 Å². The van der Waals surface area contributed by atoms with Gasteiger partial charge in [0.15, 0.2) is 0 Å². The number of hydrogen-bond donors (Lipinski definition) is 0. The summed E-state index contributed by atoms with van der Waals surface area (Å²) in [7, 11) is 0. The molecule has 0 aliphatic heterocycles.